The van der Waals surface area contributed by atoms with Gasteiger partial charge in [-0.2, -0.15) is 0 Å². The minimum Gasteiger partial charge on any atom is -0.329 e. The summed E-state index contributed by atoms with van der Waals surface area (Å²) in [4.78, 5) is 10.2. The molecule has 1 aromatic carbocycles. The number of nitrogens with zero attached hydrogens (tertiary/aromatic N) is 1. The Morgan fingerprint density at radius 1 is 1.53 bits per heavy atom. The van der Waals surface area contributed by atoms with E-state index in [1.807, 2.05) is 0 Å². The van der Waals surface area contributed by atoms with E-state index in [1.165, 1.54) is 6.07 Å². The normalized spacial score (nSPS) is 11.7. The van der Waals surface area contributed by atoms with Gasteiger partial charge in [0, 0.05) is 24.2 Å². The Balaban J connectivity index is 0.00000196. The fraction of sp³-hybridized carbons (Fsp3) is 0.333. The first-order valence-corrected chi connectivity index (χ1v) is 4.27. The van der Waals surface area contributed by atoms with Crippen molar-refractivity contribution in [2.75, 3.05) is 6.54 Å². The largest absolute Gasteiger partial charge is 0.329 e. The van der Waals surface area contributed by atoms with Crippen molar-refractivity contribution < 1.29 is 4.92 Å². The van der Waals surface area contributed by atoms with E-state index in [-0.39, 0.29) is 30.7 Å². The van der Waals surface area contributed by atoms with Crippen LogP contribution in [0.5, 0.6) is 0 Å². The Bertz CT molecular complexity index is 357. The van der Waals surface area contributed by atoms with Crippen LogP contribution in [0.25, 0.3) is 0 Å². The van der Waals surface area contributed by atoms with E-state index in [0.29, 0.717) is 11.1 Å². The zero-order valence-electron chi connectivity index (χ0n) is 8.34. The van der Waals surface area contributed by atoms with E-state index in [4.69, 9.17) is 11.5 Å². The molecule has 1 atom stereocenters. The highest BCUT2D eigenvalue weighted by atomic mass is 35.5. The van der Waals surface area contributed by atoms with Gasteiger partial charge >= 0.3 is 0 Å². The predicted molar refractivity (Wildman–Crippen MR) is 61.1 cm³/mol. The number of rotatable bonds is 3. The van der Waals surface area contributed by atoms with Crippen LogP contribution < -0.4 is 11.5 Å². The number of halogens is 1. The van der Waals surface area contributed by atoms with Gasteiger partial charge in [-0.05, 0) is 12.5 Å². The van der Waals surface area contributed by atoms with Gasteiger partial charge in [0.05, 0.1) is 4.92 Å². The summed E-state index contributed by atoms with van der Waals surface area (Å²) in [6.45, 7) is 1.97. The molecule has 1 aromatic rings. The van der Waals surface area contributed by atoms with Gasteiger partial charge in [-0.25, -0.2) is 0 Å². The lowest BCUT2D eigenvalue weighted by molar-refractivity contribution is -0.385. The van der Waals surface area contributed by atoms with Gasteiger partial charge in [0.15, 0.2) is 0 Å². The molecule has 1 rings (SSSR count). The van der Waals surface area contributed by atoms with Crippen LogP contribution in [-0.2, 0) is 0 Å². The van der Waals surface area contributed by atoms with Gasteiger partial charge in [0.2, 0.25) is 0 Å². The van der Waals surface area contributed by atoms with Crippen molar-refractivity contribution >= 4 is 18.1 Å². The first kappa shape index (κ1) is 13.8. The van der Waals surface area contributed by atoms with Crippen LogP contribution in [0.1, 0.15) is 17.2 Å². The van der Waals surface area contributed by atoms with Crippen LogP contribution in [0, 0.1) is 17.0 Å². The molecule has 4 N–H and O–H groups in total. The molecule has 0 bridgehead atoms. The summed E-state index contributed by atoms with van der Waals surface area (Å²) in [5.41, 5.74) is 12.5. The minimum absolute atomic E-state index is 0. The molecule has 0 saturated carbocycles. The summed E-state index contributed by atoms with van der Waals surface area (Å²) in [7, 11) is 0. The average molecular weight is 232 g/mol. The van der Waals surface area contributed by atoms with Crippen molar-refractivity contribution in [3.63, 3.8) is 0 Å². The van der Waals surface area contributed by atoms with Crippen LogP contribution in [0.3, 0.4) is 0 Å². The number of nitro benzene ring substituents is 1. The lowest BCUT2D eigenvalue weighted by Gasteiger charge is -2.09. The van der Waals surface area contributed by atoms with Gasteiger partial charge in [0.25, 0.3) is 5.69 Å². The number of nitro groups is 1. The molecule has 84 valence electrons. The summed E-state index contributed by atoms with van der Waals surface area (Å²) >= 11 is 0. The topological polar surface area (TPSA) is 95.2 Å². The molecule has 15 heavy (non-hydrogen) atoms. The summed E-state index contributed by atoms with van der Waals surface area (Å²) in [5, 5.41) is 10.6. The SMILES string of the molecule is Cc1ccc([C@@H](N)CN)cc1[N+](=O)[O-].Cl. The third-order valence-corrected chi connectivity index (χ3v) is 2.11. The molecule has 0 aliphatic heterocycles. The smallest absolute Gasteiger partial charge is 0.272 e. The van der Waals surface area contributed by atoms with E-state index in [2.05, 4.69) is 0 Å². The van der Waals surface area contributed by atoms with Crippen molar-refractivity contribution in [1.82, 2.24) is 0 Å². The van der Waals surface area contributed by atoms with E-state index in [0.717, 1.165) is 0 Å². The quantitative estimate of drug-likeness (QED) is 0.605. The molecule has 5 nitrogen and oxygen atoms in total. The molecular weight excluding hydrogens is 218 g/mol. The molecule has 0 aliphatic carbocycles. The molecule has 0 amide bonds. The number of benzene rings is 1. The zero-order valence-corrected chi connectivity index (χ0v) is 9.16. The van der Waals surface area contributed by atoms with Crippen LogP contribution in [0.2, 0.25) is 0 Å². The van der Waals surface area contributed by atoms with Gasteiger partial charge in [-0.15, -0.1) is 12.4 Å². The monoisotopic (exact) mass is 231 g/mol. The Hall–Kier alpha value is -1.17. The van der Waals surface area contributed by atoms with Gasteiger partial charge in [-0.3, -0.25) is 10.1 Å². The van der Waals surface area contributed by atoms with Crippen LogP contribution in [-0.4, -0.2) is 11.5 Å². The Labute approximate surface area is 94.0 Å². The highest BCUT2D eigenvalue weighted by Crippen LogP contribution is 2.21. The molecular formula is C9H14ClN3O2. The maximum atomic E-state index is 10.6. The van der Waals surface area contributed by atoms with Crippen LogP contribution >= 0.6 is 12.4 Å². The van der Waals surface area contributed by atoms with Crippen molar-refractivity contribution in [3.8, 4) is 0 Å². The molecule has 0 saturated heterocycles. The Morgan fingerprint density at radius 3 is 2.60 bits per heavy atom. The van der Waals surface area contributed by atoms with Gasteiger partial charge < -0.3 is 11.5 Å². The van der Waals surface area contributed by atoms with Crippen LogP contribution in [0.4, 0.5) is 5.69 Å². The molecule has 0 aliphatic rings. The fourth-order valence-corrected chi connectivity index (χ4v) is 1.19. The van der Waals surface area contributed by atoms with E-state index in [9.17, 15) is 10.1 Å². The maximum Gasteiger partial charge on any atom is 0.272 e. The molecule has 0 heterocycles. The second kappa shape index (κ2) is 5.65. The van der Waals surface area contributed by atoms with Crippen LogP contribution in [0.15, 0.2) is 18.2 Å². The molecule has 0 spiro atoms. The zero-order chi connectivity index (χ0) is 10.7. The highest BCUT2D eigenvalue weighted by Gasteiger charge is 2.13. The molecule has 0 unspecified atom stereocenters. The van der Waals surface area contributed by atoms with Crippen molar-refractivity contribution in [2.24, 2.45) is 11.5 Å². The third kappa shape index (κ3) is 3.16. The lowest BCUT2D eigenvalue weighted by Crippen LogP contribution is -2.20. The lowest BCUT2D eigenvalue weighted by atomic mass is 10.0. The van der Waals surface area contributed by atoms with Gasteiger partial charge in [0.1, 0.15) is 0 Å². The maximum absolute atomic E-state index is 10.6. The second-order valence-electron chi connectivity index (χ2n) is 3.15. The van der Waals surface area contributed by atoms with Crippen molar-refractivity contribution in [1.29, 1.82) is 0 Å². The van der Waals surface area contributed by atoms with Gasteiger partial charge in [-0.1, -0.05) is 12.1 Å². The standard InChI is InChI=1S/C9H13N3O2.ClH/c1-6-2-3-7(8(11)5-10)4-9(6)12(13)14;/h2-4,8H,5,10-11H2,1H3;1H/t8-;/m0./s1. The third-order valence-electron chi connectivity index (χ3n) is 2.11. The predicted octanol–water partition coefficient (Wildman–Crippen LogP) is 1.28. The number of aryl methyl sites for hydroxylation is 1. The Kier molecular flexibility index (Phi) is 5.21. The molecule has 0 fully saturated rings. The summed E-state index contributed by atoms with van der Waals surface area (Å²) in [6.07, 6.45) is 0. The number of nitrogens with two attached hydrogens (primary N) is 2. The average Bonchev–Trinajstić information content (AvgIpc) is 2.17. The second-order valence-corrected chi connectivity index (χ2v) is 3.15. The Morgan fingerprint density at radius 2 is 2.13 bits per heavy atom. The van der Waals surface area contributed by atoms with Crippen molar-refractivity contribution in [2.45, 2.75) is 13.0 Å². The molecule has 0 aromatic heterocycles. The van der Waals surface area contributed by atoms with E-state index in [1.54, 1.807) is 19.1 Å². The molecule has 6 heteroatoms. The van der Waals surface area contributed by atoms with Crippen molar-refractivity contribution in [3.05, 3.63) is 39.4 Å². The van der Waals surface area contributed by atoms with E-state index >= 15 is 0 Å². The summed E-state index contributed by atoms with van der Waals surface area (Å²) in [6, 6.07) is 4.59. The number of hydrogen-bond donors (Lipinski definition) is 2. The minimum atomic E-state index is -0.415. The first-order chi connectivity index (χ1) is 6.56. The first-order valence-electron chi connectivity index (χ1n) is 4.27. The highest BCUT2D eigenvalue weighted by molar-refractivity contribution is 5.85. The summed E-state index contributed by atoms with van der Waals surface area (Å²) < 4.78 is 0. The number of hydrogen-bond acceptors (Lipinski definition) is 4. The fourth-order valence-electron chi connectivity index (χ4n) is 1.19. The van der Waals surface area contributed by atoms with E-state index < -0.39 is 4.92 Å². The molecule has 0 radical (unpaired) electrons. The summed E-state index contributed by atoms with van der Waals surface area (Å²) in [5.74, 6) is 0.